The topological polar surface area (TPSA) is 78.3 Å². The Hall–Kier alpha value is -1.70. The van der Waals surface area contributed by atoms with Crippen LogP contribution in [0.4, 0.5) is 0 Å². The van der Waals surface area contributed by atoms with Crippen molar-refractivity contribution >= 4 is 5.91 Å². The van der Waals surface area contributed by atoms with E-state index >= 15 is 0 Å². The van der Waals surface area contributed by atoms with Crippen molar-refractivity contribution in [1.82, 2.24) is 4.90 Å². The van der Waals surface area contributed by atoms with Gasteiger partial charge in [-0.05, 0) is 31.2 Å². The molecule has 1 fully saturated rings. The third kappa shape index (κ3) is 5.52. The highest BCUT2D eigenvalue weighted by molar-refractivity contribution is 5.76. The summed E-state index contributed by atoms with van der Waals surface area (Å²) in [4.78, 5) is 16.9. The number of terminal acetylenes is 1. The molecule has 1 aliphatic rings. The molecule has 110 valence electrons. The summed E-state index contributed by atoms with van der Waals surface area (Å²) < 4.78 is 5.37. The van der Waals surface area contributed by atoms with Gasteiger partial charge in [0.05, 0.1) is 12.6 Å². The second-order valence-corrected chi connectivity index (χ2v) is 5.05. The zero-order valence-electron chi connectivity index (χ0n) is 12.0. The molecule has 0 saturated carbocycles. The molecule has 0 aromatic carbocycles. The van der Waals surface area contributed by atoms with Gasteiger partial charge in [-0.25, -0.2) is 0 Å². The van der Waals surface area contributed by atoms with Crippen molar-refractivity contribution in [2.45, 2.75) is 51.1 Å². The largest absolute Gasteiger partial charge is 0.367 e. The molecule has 0 bridgehead atoms. The molecule has 0 spiro atoms. The van der Waals surface area contributed by atoms with E-state index in [-0.39, 0.29) is 24.6 Å². The molecule has 2 atom stereocenters. The number of hydrogen-bond acceptors (Lipinski definition) is 3. The molecular weight excluding hydrogens is 256 g/mol. The summed E-state index contributed by atoms with van der Waals surface area (Å²) in [6.45, 7) is 3.38. The minimum atomic E-state index is -0.148. The molecule has 1 amide bonds. The molecule has 0 aromatic rings. The van der Waals surface area contributed by atoms with E-state index in [1.165, 1.54) is 0 Å². The number of nitrogens with zero attached hydrogens (tertiary/aromatic N) is 4. The van der Waals surface area contributed by atoms with Crippen LogP contribution in [0.25, 0.3) is 10.4 Å². The maximum Gasteiger partial charge on any atom is 0.222 e. The highest BCUT2D eigenvalue weighted by atomic mass is 16.5. The number of amides is 1. The van der Waals surface area contributed by atoms with Gasteiger partial charge < -0.3 is 9.64 Å². The normalized spacial score (nSPS) is 19.8. The number of hydrogen-bond donors (Lipinski definition) is 0. The van der Waals surface area contributed by atoms with Gasteiger partial charge in [-0.1, -0.05) is 18.0 Å². The smallest absolute Gasteiger partial charge is 0.222 e. The lowest BCUT2D eigenvalue weighted by Crippen LogP contribution is -2.46. The number of likely N-dealkylation sites (tertiary alicyclic amines) is 1. The van der Waals surface area contributed by atoms with Gasteiger partial charge in [-0.15, -0.1) is 6.42 Å². The Morgan fingerprint density at radius 3 is 3.15 bits per heavy atom. The van der Waals surface area contributed by atoms with Gasteiger partial charge in [0.25, 0.3) is 0 Å². The van der Waals surface area contributed by atoms with Gasteiger partial charge in [0, 0.05) is 23.9 Å². The summed E-state index contributed by atoms with van der Waals surface area (Å²) in [5, 5.41) is 3.58. The van der Waals surface area contributed by atoms with Crippen molar-refractivity contribution in [1.29, 1.82) is 0 Å². The van der Waals surface area contributed by atoms with Gasteiger partial charge in [0.15, 0.2) is 0 Å². The van der Waals surface area contributed by atoms with Gasteiger partial charge in [-0.2, -0.15) is 0 Å². The van der Waals surface area contributed by atoms with Gasteiger partial charge in [0.1, 0.15) is 6.61 Å². The van der Waals surface area contributed by atoms with Gasteiger partial charge in [-0.3, -0.25) is 4.79 Å². The predicted molar refractivity (Wildman–Crippen MR) is 76.8 cm³/mol. The lowest BCUT2D eigenvalue weighted by atomic mass is 10.0. The Morgan fingerprint density at radius 1 is 1.65 bits per heavy atom. The van der Waals surface area contributed by atoms with Crippen LogP contribution in [0.5, 0.6) is 0 Å². The summed E-state index contributed by atoms with van der Waals surface area (Å²) in [7, 11) is 0. The van der Waals surface area contributed by atoms with Gasteiger partial charge in [0.2, 0.25) is 5.91 Å². The number of carbonyl (C=O) groups is 1. The molecule has 0 aromatic heterocycles. The monoisotopic (exact) mass is 278 g/mol. The van der Waals surface area contributed by atoms with Crippen LogP contribution in [-0.2, 0) is 9.53 Å². The van der Waals surface area contributed by atoms with Crippen LogP contribution in [0.1, 0.15) is 39.0 Å². The fourth-order valence-corrected chi connectivity index (χ4v) is 2.38. The Balaban J connectivity index is 2.45. The van der Waals surface area contributed by atoms with Crippen LogP contribution in [0.15, 0.2) is 5.11 Å². The fraction of sp³-hybridized carbons (Fsp3) is 0.786. The quantitative estimate of drug-likeness (QED) is 0.236. The van der Waals surface area contributed by atoms with Crippen molar-refractivity contribution in [2.75, 3.05) is 19.8 Å². The predicted octanol–water partition coefficient (Wildman–Crippen LogP) is 2.50. The summed E-state index contributed by atoms with van der Waals surface area (Å²) in [5.74, 6) is 2.54. The highest BCUT2D eigenvalue weighted by Crippen LogP contribution is 2.19. The van der Waals surface area contributed by atoms with E-state index in [1.807, 2.05) is 11.8 Å². The lowest BCUT2D eigenvalue weighted by molar-refractivity contribution is -0.136. The number of ether oxygens (including phenoxy) is 1. The van der Waals surface area contributed by atoms with Crippen LogP contribution in [-0.4, -0.2) is 42.6 Å². The Kier molecular flexibility index (Phi) is 7.56. The first kappa shape index (κ1) is 16.4. The third-order valence-corrected chi connectivity index (χ3v) is 3.47. The molecule has 20 heavy (non-hydrogen) atoms. The van der Waals surface area contributed by atoms with Crippen molar-refractivity contribution in [3.8, 4) is 12.3 Å². The molecule has 0 aliphatic carbocycles. The van der Waals surface area contributed by atoms with E-state index in [1.54, 1.807) is 0 Å². The number of carbonyl (C=O) groups excluding carboxylic acids is 1. The third-order valence-electron chi connectivity index (χ3n) is 3.47. The number of rotatable bonds is 7. The summed E-state index contributed by atoms with van der Waals surface area (Å²) in [5.41, 5.74) is 8.34. The molecule has 2 unspecified atom stereocenters. The SMILES string of the molecule is C#CCOCC1CCCCN1C(=O)CCC(C)N=[N+]=[N-]. The molecule has 6 heteroatoms. The zero-order chi connectivity index (χ0) is 14.8. The summed E-state index contributed by atoms with van der Waals surface area (Å²) in [6.07, 6.45) is 9.25. The van der Waals surface area contributed by atoms with Crippen molar-refractivity contribution in [3.63, 3.8) is 0 Å². The molecule has 1 saturated heterocycles. The van der Waals surface area contributed by atoms with Crippen LogP contribution in [0, 0.1) is 12.3 Å². The highest BCUT2D eigenvalue weighted by Gasteiger charge is 2.26. The Labute approximate surface area is 120 Å². The first-order valence-corrected chi connectivity index (χ1v) is 7.04. The van der Waals surface area contributed by atoms with E-state index in [0.29, 0.717) is 19.4 Å². The van der Waals surface area contributed by atoms with Crippen LogP contribution in [0.3, 0.4) is 0 Å². The molecular formula is C14H22N4O2. The van der Waals surface area contributed by atoms with E-state index < -0.39 is 0 Å². The van der Waals surface area contributed by atoms with E-state index in [2.05, 4.69) is 15.9 Å². The van der Waals surface area contributed by atoms with E-state index in [9.17, 15) is 4.79 Å². The van der Waals surface area contributed by atoms with Crippen LogP contribution < -0.4 is 0 Å². The molecule has 0 N–H and O–H groups in total. The Bertz CT molecular complexity index is 398. The first-order chi connectivity index (χ1) is 9.69. The van der Waals surface area contributed by atoms with Crippen LogP contribution >= 0.6 is 0 Å². The standard InChI is InChI=1S/C14H22N4O2/c1-3-10-20-11-13-6-4-5-9-18(13)14(19)8-7-12(2)16-17-15/h1,12-13H,4-11H2,2H3. The average molecular weight is 278 g/mol. The Morgan fingerprint density at radius 2 is 2.45 bits per heavy atom. The van der Waals surface area contributed by atoms with Crippen molar-refractivity contribution in [2.24, 2.45) is 5.11 Å². The molecule has 6 nitrogen and oxygen atoms in total. The minimum absolute atomic E-state index is 0.110. The second-order valence-electron chi connectivity index (χ2n) is 5.05. The van der Waals surface area contributed by atoms with Crippen molar-refractivity contribution < 1.29 is 9.53 Å². The zero-order valence-corrected chi connectivity index (χ0v) is 12.0. The maximum atomic E-state index is 12.2. The average Bonchev–Trinajstić information content (AvgIpc) is 2.46. The molecule has 0 radical (unpaired) electrons. The number of azide groups is 1. The number of piperidine rings is 1. The summed E-state index contributed by atoms with van der Waals surface area (Å²) >= 11 is 0. The lowest BCUT2D eigenvalue weighted by Gasteiger charge is -2.35. The molecule has 1 aliphatic heterocycles. The van der Waals surface area contributed by atoms with E-state index in [4.69, 9.17) is 16.7 Å². The molecule has 1 heterocycles. The van der Waals surface area contributed by atoms with Crippen LogP contribution in [0.2, 0.25) is 0 Å². The van der Waals surface area contributed by atoms with Gasteiger partial charge >= 0.3 is 0 Å². The van der Waals surface area contributed by atoms with E-state index in [0.717, 1.165) is 25.8 Å². The first-order valence-electron chi connectivity index (χ1n) is 7.04. The van der Waals surface area contributed by atoms with Crippen molar-refractivity contribution in [3.05, 3.63) is 10.4 Å². The fourth-order valence-electron chi connectivity index (χ4n) is 2.38. The minimum Gasteiger partial charge on any atom is -0.367 e. The second kappa shape index (κ2) is 9.24. The molecule has 1 rings (SSSR count). The maximum absolute atomic E-state index is 12.2. The summed E-state index contributed by atoms with van der Waals surface area (Å²) in [6, 6.07) is -0.0238.